The second-order valence-corrected chi connectivity index (χ2v) is 6.35. The Morgan fingerprint density at radius 3 is 1.17 bits per heavy atom. The number of hydrogen-bond donors (Lipinski definition) is 0. The molecule has 0 radical (unpaired) electrons. The highest BCUT2D eigenvalue weighted by Crippen LogP contribution is 2.17. The van der Waals surface area contributed by atoms with Gasteiger partial charge in [-0.25, -0.2) is 0 Å². The molecule has 0 heterocycles. The van der Waals surface area contributed by atoms with Crippen LogP contribution < -0.4 is 9.47 Å². The third-order valence-electron chi connectivity index (χ3n) is 4.50. The lowest BCUT2D eigenvalue weighted by Gasteiger charge is -2.06. The van der Waals surface area contributed by atoms with Crippen LogP contribution >= 0.6 is 0 Å². The van der Waals surface area contributed by atoms with Gasteiger partial charge in [0, 0.05) is 22.3 Å². The van der Waals surface area contributed by atoms with E-state index in [4.69, 9.17) is 9.47 Å². The summed E-state index contributed by atoms with van der Waals surface area (Å²) >= 11 is 0. The lowest BCUT2D eigenvalue weighted by molar-refractivity contribution is 0.0812. The van der Waals surface area contributed by atoms with Crippen LogP contribution in [0.15, 0.2) is 72.8 Å². The molecular formula is C24H18O6. The number of ether oxygens (including phenoxy) is 2. The normalized spacial score (nSPS) is 10.2. The highest BCUT2D eigenvalue weighted by molar-refractivity contribution is 6.51. The number of ketones is 4. The molecule has 0 saturated heterocycles. The van der Waals surface area contributed by atoms with E-state index in [0.717, 1.165) is 0 Å². The van der Waals surface area contributed by atoms with E-state index in [9.17, 15) is 19.2 Å². The van der Waals surface area contributed by atoms with Crippen LogP contribution in [0.4, 0.5) is 0 Å². The summed E-state index contributed by atoms with van der Waals surface area (Å²) in [6, 6.07) is 17.8. The molecule has 0 aliphatic rings. The van der Waals surface area contributed by atoms with Crippen LogP contribution in [0, 0.1) is 0 Å². The topological polar surface area (TPSA) is 86.7 Å². The maximum absolute atomic E-state index is 12.6. The van der Waals surface area contributed by atoms with Crippen molar-refractivity contribution >= 4 is 23.1 Å². The quantitative estimate of drug-likeness (QED) is 0.420. The standard InChI is InChI=1S/C24H18O6/c1-29-19-10-6-15(7-11-19)21(25)23(27)17-4-3-5-18(14-17)24(28)22(26)16-8-12-20(30-2)13-9-16/h3-14H,1-2H3. The van der Waals surface area contributed by atoms with Gasteiger partial charge in [0.05, 0.1) is 14.2 Å². The highest BCUT2D eigenvalue weighted by Gasteiger charge is 2.22. The number of rotatable bonds is 8. The fourth-order valence-corrected chi connectivity index (χ4v) is 2.81. The van der Waals surface area contributed by atoms with Crippen molar-refractivity contribution in [1.29, 1.82) is 0 Å². The Labute approximate surface area is 173 Å². The van der Waals surface area contributed by atoms with E-state index in [-0.39, 0.29) is 22.3 Å². The minimum atomic E-state index is -0.772. The lowest BCUT2D eigenvalue weighted by Crippen LogP contribution is -2.17. The summed E-state index contributed by atoms with van der Waals surface area (Å²) < 4.78 is 10.1. The van der Waals surface area contributed by atoms with Gasteiger partial charge in [-0.1, -0.05) is 18.2 Å². The van der Waals surface area contributed by atoms with Gasteiger partial charge in [0.25, 0.3) is 0 Å². The molecule has 0 aliphatic carbocycles. The van der Waals surface area contributed by atoms with Crippen molar-refractivity contribution in [3.63, 3.8) is 0 Å². The Balaban J connectivity index is 1.81. The predicted molar refractivity (Wildman–Crippen MR) is 110 cm³/mol. The summed E-state index contributed by atoms with van der Waals surface area (Å²) in [5.41, 5.74) is 0.465. The third kappa shape index (κ3) is 4.33. The second kappa shape index (κ2) is 8.96. The Morgan fingerprint density at radius 1 is 0.500 bits per heavy atom. The van der Waals surface area contributed by atoms with E-state index < -0.39 is 23.1 Å². The first kappa shape index (κ1) is 20.7. The second-order valence-electron chi connectivity index (χ2n) is 6.35. The van der Waals surface area contributed by atoms with E-state index in [1.54, 1.807) is 24.3 Å². The predicted octanol–water partition coefficient (Wildman–Crippen LogP) is 3.84. The summed E-state index contributed by atoms with van der Waals surface area (Å²) in [5, 5.41) is 0. The van der Waals surface area contributed by atoms with Crippen LogP contribution in [-0.2, 0) is 0 Å². The van der Waals surface area contributed by atoms with E-state index in [1.165, 1.54) is 62.8 Å². The molecule has 0 spiro atoms. The first-order valence-corrected chi connectivity index (χ1v) is 9.01. The van der Waals surface area contributed by atoms with Gasteiger partial charge in [-0.3, -0.25) is 19.2 Å². The summed E-state index contributed by atoms with van der Waals surface area (Å²) in [5.74, 6) is -1.86. The van der Waals surface area contributed by atoms with Crippen LogP contribution in [0.25, 0.3) is 0 Å². The van der Waals surface area contributed by atoms with Crippen molar-refractivity contribution in [2.45, 2.75) is 0 Å². The van der Waals surface area contributed by atoms with Gasteiger partial charge in [-0.15, -0.1) is 0 Å². The van der Waals surface area contributed by atoms with Crippen LogP contribution in [0.1, 0.15) is 41.4 Å². The van der Waals surface area contributed by atoms with E-state index in [1.807, 2.05) is 0 Å². The Bertz CT molecular complexity index is 1020. The highest BCUT2D eigenvalue weighted by atomic mass is 16.5. The number of carbonyl (C=O) groups excluding carboxylic acids is 4. The third-order valence-corrected chi connectivity index (χ3v) is 4.50. The molecule has 6 nitrogen and oxygen atoms in total. The van der Waals surface area contributed by atoms with Gasteiger partial charge < -0.3 is 9.47 Å². The molecule has 0 N–H and O–H groups in total. The monoisotopic (exact) mass is 402 g/mol. The number of methoxy groups -OCH3 is 2. The van der Waals surface area contributed by atoms with Gasteiger partial charge in [0.2, 0.25) is 23.1 Å². The Morgan fingerprint density at radius 2 is 0.833 bits per heavy atom. The summed E-state index contributed by atoms with van der Waals surface area (Å²) in [4.78, 5) is 50.2. The maximum atomic E-state index is 12.6. The van der Waals surface area contributed by atoms with Crippen molar-refractivity contribution in [2.24, 2.45) is 0 Å². The van der Waals surface area contributed by atoms with E-state index >= 15 is 0 Å². The fourth-order valence-electron chi connectivity index (χ4n) is 2.81. The van der Waals surface area contributed by atoms with Gasteiger partial charge in [0.15, 0.2) is 0 Å². The molecule has 0 aliphatic heterocycles. The molecule has 0 unspecified atom stereocenters. The van der Waals surface area contributed by atoms with Gasteiger partial charge in [-0.2, -0.15) is 0 Å². The van der Waals surface area contributed by atoms with Crippen LogP contribution in [0.2, 0.25) is 0 Å². The zero-order chi connectivity index (χ0) is 21.7. The molecule has 3 aromatic carbocycles. The molecule has 30 heavy (non-hydrogen) atoms. The first-order chi connectivity index (χ1) is 14.4. The molecule has 0 saturated carbocycles. The zero-order valence-electron chi connectivity index (χ0n) is 16.4. The van der Waals surface area contributed by atoms with E-state index in [0.29, 0.717) is 11.5 Å². The summed E-state index contributed by atoms with van der Waals surface area (Å²) in [6.07, 6.45) is 0. The minimum absolute atomic E-state index is 0.0317. The molecule has 0 amide bonds. The molecule has 0 atom stereocenters. The SMILES string of the molecule is COc1ccc(C(=O)C(=O)c2cccc(C(=O)C(=O)c3ccc(OC)cc3)c2)cc1. The van der Waals surface area contributed by atoms with Crippen molar-refractivity contribution in [2.75, 3.05) is 14.2 Å². The Kier molecular flexibility index (Phi) is 6.17. The van der Waals surface area contributed by atoms with Gasteiger partial charge in [0.1, 0.15) is 11.5 Å². The molecule has 0 bridgehead atoms. The average Bonchev–Trinajstić information content (AvgIpc) is 2.82. The number of benzene rings is 3. The van der Waals surface area contributed by atoms with Crippen LogP contribution in [-0.4, -0.2) is 37.4 Å². The summed E-state index contributed by atoms with van der Waals surface area (Å²) in [6.45, 7) is 0. The van der Waals surface area contributed by atoms with Crippen LogP contribution in [0.5, 0.6) is 11.5 Å². The molecule has 6 heteroatoms. The van der Waals surface area contributed by atoms with Crippen molar-refractivity contribution in [3.8, 4) is 11.5 Å². The van der Waals surface area contributed by atoms with Gasteiger partial charge >= 0.3 is 0 Å². The van der Waals surface area contributed by atoms with E-state index in [2.05, 4.69) is 0 Å². The lowest BCUT2D eigenvalue weighted by atomic mass is 9.96. The van der Waals surface area contributed by atoms with Crippen molar-refractivity contribution in [3.05, 3.63) is 95.1 Å². The van der Waals surface area contributed by atoms with Gasteiger partial charge in [-0.05, 0) is 54.6 Å². The summed E-state index contributed by atoms with van der Waals surface area (Å²) in [7, 11) is 3.00. The fraction of sp³-hybridized carbons (Fsp3) is 0.0833. The molecule has 3 aromatic rings. The van der Waals surface area contributed by atoms with Crippen LogP contribution in [0.3, 0.4) is 0 Å². The number of hydrogen-bond acceptors (Lipinski definition) is 6. The molecule has 150 valence electrons. The zero-order valence-corrected chi connectivity index (χ0v) is 16.4. The Hall–Kier alpha value is -4.06. The number of carbonyl (C=O) groups is 4. The van der Waals surface area contributed by atoms with Crippen molar-refractivity contribution < 1.29 is 28.7 Å². The first-order valence-electron chi connectivity index (χ1n) is 9.01. The number of Topliss-reactive ketones (excluding diaryl/α,β-unsaturated/α-hetero) is 4. The minimum Gasteiger partial charge on any atom is -0.497 e. The smallest absolute Gasteiger partial charge is 0.233 e. The average molecular weight is 402 g/mol. The molecule has 3 rings (SSSR count). The largest absolute Gasteiger partial charge is 0.497 e. The maximum Gasteiger partial charge on any atom is 0.233 e. The molecular weight excluding hydrogens is 384 g/mol. The van der Waals surface area contributed by atoms with Crippen molar-refractivity contribution in [1.82, 2.24) is 0 Å². The molecule has 0 fully saturated rings. The molecule has 0 aromatic heterocycles.